The number of anilines is 3. The summed E-state index contributed by atoms with van der Waals surface area (Å²) in [5.74, 6) is -0.856. The summed E-state index contributed by atoms with van der Waals surface area (Å²) in [5.41, 5.74) is 3.88. The van der Waals surface area contributed by atoms with E-state index in [1.165, 1.54) is 7.11 Å². The van der Waals surface area contributed by atoms with Crippen molar-refractivity contribution in [3.63, 3.8) is 0 Å². The molecule has 36 heavy (non-hydrogen) atoms. The molecule has 3 amide bonds. The molecule has 184 valence electrons. The predicted octanol–water partition coefficient (Wildman–Crippen LogP) is 5.82. The Morgan fingerprint density at radius 2 is 1.67 bits per heavy atom. The second-order valence-electron chi connectivity index (χ2n) is 8.71. The molecule has 0 spiro atoms. The number of aryl methyl sites for hydroxylation is 1. The van der Waals surface area contributed by atoms with Gasteiger partial charge in [0, 0.05) is 16.9 Å². The lowest BCUT2D eigenvalue weighted by Crippen LogP contribution is -2.32. The third-order valence-electron chi connectivity index (χ3n) is 5.85. The smallest absolute Gasteiger partial charge is 0.283 e. The highest BCUT2D eigenvalue weighted by Crippen LogP contribution is 2.36. The van der Waals surface area contributed by atoms with Crippen molar-refractivity contribution in [2.75, 3.05) is 22.6 Å². The highest BCUT2D eigenvalue weighted by Gasteiger charge is 2.40. The second-order valence-corrected chi connectivity index (χ2v) is 9.09. The molecule has 7 nitrogen and oxygen atoms in total. The minimum Gasteiger partial charge on any atom is -0.495 e. The Labute approximate surface area is 214 Å². The van der Waals surface area contributed by atoms with Gasteiger partial charge in [0.2, 0.25) is 0 Å². The van der Waals surface area contributed by atoms with Crippen molar-refractivity contribution in [3.8, 4) is 5.75 Å². The van der Waals surface area contributed by atoms with Crippen molar-refractivity contribution < 1.29 is 19.1 Å². The lowest BCUT2D eigenvalue weighted by Gasteiger charge is -2.18. The molecule has 0 saturated heterocycles. The first-order valence-electron chi connectivity index (χ1n) is 11.4. The van der Waals surface area contributed by atoms with Crippen molar-refractivity contribution in [3.05, 3.63) is 94.1 Å². The van der Waals surface area contributed by atoms with Crippen LogP contribution in [-0.4, -0.2) is 24.8 Å². The van der Waals surface area contributed by atoms with Crippen molar-refractivity contribution in [2.24, 2.45) is 0 Å². The molecule has 0 radical (unpaired) electrons. The number of nitrogens with one attached hydrogen (secondary N) is 2. The van der Waals surface area contributed by atoms with Gasteiger partial charge in [-0.25, -0.2) is 4.90 Å². The molecule has 3 aromatic rings. The van der Waals surface area contributed by atoms with Crippen LogP contribution in [0.25, 0.3) is 0 Å². The number of nitrogens with zero attached hydrogens (tertiary/aromatic N) is 1. The van der Waals surface area contributed by atoms with Crippen molar-refractivity contribution in [2.45, 2.75) is 26.7 Å². The monoisotopic (exact) mass is 503 g/mol. The van der Waals surface area contributed by atoms with Gasteiger partial charge in [0.25, 0.3) is 17.7 Å². The molecule has 0 unspecified atom stereocenters. The van der Waals surface area contributed by atoms with Crippen LogP contribution in [0, 0.1) is 6.92 Å². The highest BCUT2D eigenvalue weighted by molar-refractivity contribution is 6.53. The molecule has 0 atom stereocenters. The largest absolute Gasteiger partial charge is 0.495 e. The summed E-state index contributed by atoms with van der Waals surface area (Å²) in [7, 11) is 1.46. The summed E-state index contributed by atoms with van der Waals surface area (Å²) in [4.78, 5) is 39.8. The quantitative estimate of drug-likeness (QED) is 0.397. The molecule has 8 heteroatoms. The zero-order valence-corrected chi connectivity index (χ0v) is 21.1. The summed E-state index contributed by atoms with van der Waals surface area (Å²) in [6.45, 7) is 5.98. The Bertz CT molecular complexity index is 1380. The number of carbonyl (C=O) groups excluding carboxylic acids is 3. The number of amides is 3. The third-order valence-corrected chi connectivity index (χ3v) is 6.20. The van der Waals surface area contributed by atoms with Gasteiger partial charge in [-0.3, -0.25) is 14.4 Å². The first kappa shape index (κ1) is 25.0. The molecule has 0 fully saturated rings. The van der Waals surface area contributed by atoms with Gasteiger partial charge in [0.05, 0.1) is 12.8 Å². The van der Waals surface area contributed by atoms with Gasteiger partial charge in [0.1, 0.15) is 16.5 Å². The number of methoxy groups -OCH3 is 1. The van der Waals surface area contributed by atoms with E-state index < -0.39 is 11.8 Å². The van der Waals surface area contributed by atoms with Crippen LogP contribution in [0.1, 0.15) is 41.3 Å². The van der Waals surface area contributed by atoms with Crippen LogP contribution in [0.5, 0.6) is 5.75 Å². The van der Waals surface area contributed by atoms with Crippen molar-refractivity contribution in [1.29, 1.82) is 0 Å². The summed E-state index contributed by atoms with van der Waals surface area (Å²) in [5, 5.41) is 5.65. The molecule has 0 aliphatic carbocycles. The van der Waals surface area contributed by atoms with E-state index >= 15 is 0 Å². The van der Waals surface area contributed by atoms with Crippen LogP contribution < -0.4 is 20.3 Å². The Morgan fingerprint density at radius 1 is 0.972 bits per heavy atom. The summed E-state index contributed by atoms with van der Waals surface area (Å²) >= 11 is 6.27. The van der Waals surface area contributed by atoms with Gasteiger partial charge in [-0.1, -0.05) is 49.7 Å². The van der Waals surface area contributed by atoms with E-state index in [4.69, 9.17) is 16.3 Å². The minimum absolute atomic E-state index is 0.0479. The zero-order chi connectivity index (χ0) is 26.0. The Balaban J connectivity index is 1.51. The van der Waals surface area contributed by atoms with Crippen LogP contribution >= 0.6 is 11.6 Å². The predicted molar refractivity (Wildman–Crippen MR) is 142 cm³/mol. The molecule has 4 rings (SSSR count). The van der Waals surface area contributed by atoms with E-state index in [0.717, 1.165) is 21.7 Å². The Morgan fingerprint density at radius 3 is 2.33 bits per heavy atom. The van der Waals surface area contributed by atoms with Crippen molar-refractivity contribution >= 4 is 46.4 Å². The zero-order valence-electron chi connectivity index (χ0n) is 20.4. The van der Waals surface area contributed by atoms with Crippen LogP contribution in [0.2, 0.25) is 0 Å². The fourth-order valence-electron chi connectivity index (χ4n) is 3.96. The maximum atomic E-state index is 13.2. The standard InChI is InChI=1S/C28H26ClN3O4/c1-16(2)20-7-5-6-8-21(20)31-26(33)18-10-12-19(13-11-18)30-25-24(29)27(34)32(28(25)35)22-15-17(3)9-14-23(22)36-4/h5-16,30H,1-4H3,(H,31,33). The summed E-state index contributed by atoms with van der Waals surface area (Å²) in [6.07, 6.45) is 0. The maximum Gasteiger partial charge on any atom is 0.283 e. The minimum atomic E-state index is -0.645. The van der Waals surface area contributed by atoms with Gasteiger partial charge < -0.3 is 15.4 Å². The number of carbonyl (C=O) groups is 3. The highest BCUT2D eigenvalue weighted by atomic mass is 35.5. The van der Waals surface area contributed by atoms with Gasteiger partial charge in [0.15, 0.2) is 0 Å². The average Bonchev–Trinajstić information content (AvgIpc) is 3.07. The molecule has 1 heterocycles. The number of hydrogen-bond donors (Lipinski definition) is 2. The molecular weight excluding hydrogens is 478 g/mol. The van der Waals surface area contributed by atoms with Crippen LogP contribution in [-0.2, 0) is 9.59 Å². The molecule has 3 aromatic carbocycles. The van der Waals surface area contributed by atoms with E-state index in [1.54, 1.807) is 36.4 Å². The van der Waals surface area contributed by atoms with Crippen LogP contribution in [0.3, 0.4) is 0 Å². The number of hydrogen-bond acceptors (Lipinski definition) is 5. The van der Waals surface area contributed by atoms with Gasteiger partial charge >= 0.3 is 0 Å². The van der Waals surface area contributed by atoms with Gasteiger partial charge in [-0.2, -0.15) is 0 Å². The normalized spacial score (nSPS) is 13.4. The lowest BCUT2D eigenvalue weighted by molar-refractivity contribution is -0.120. The van der Waals surface area contributed by atoms with E-state index in [1.807, 2.05) is 37.3 Å². The maximum absolute atomic E-state index is 13.2. The molecule has 1 aliphatic rings. The first-order chi connectivity index (χ1) is 17.2. The molecule has 0 saturated carbocycles. The lowest BCUT2D eigenvalue weighted by atomic mass is 10.0. The Kier molecular flexibility index (Phi) is 7.12. The molecule has 0 bridgehead atoms. The van der Waals surface area contributed by atoms with Gasteiger partial charge in [-0.15, -0.1) is 0 Å². The average molecular weight is 504 g/mol. The fraction of sp³-hybridized carbons (Fsp3) is 0.179. The molecule has 0 aromatic heterocycles. The van der Waals surface area contributed by atoms with E-state index in [2.05, 4.69) is 24.5 Å². The second kappa shape index (κ2) is 10.3. The Hall–Kier alpha value is -4.10. The number of ether oxygens (including phenoxy) is 1. The number of para-hydroxylation sites is 1. The number of halogens is 1. The van der Waals surface area contributed by atoms with E-state index in [-0.39, 0.29) is 22.6 Å². The topological polar surface area (TPSA) is 87.7 Å². The number of rotatable bonds is 7. The van der Waals surface area contributed by atoms with Crippen LogP contribution in [0.4, 0.5) is 17.1 Å². The first-order valence-corrected chi connectivity index (χ1v) is 11.8. The number of benzene rings is 3. The fourth-order valence-corrected chi connectivity index (χ4v) is 4.18. The summed E-state index contributed by atoms with van der Waals surface area (Å²) in [6, 6.07) is 19.4. The molecule has 2 N–H and O–H groups in total. The van der Waals surface area contributed by atoms with Gasteiger partial charge in [-0.05, 0) is 66.4 Å². The summed E-state index contributed by atoms with van der Waals surface area (Å²) < 4.78 is 5.33. The molecular formula is C28H26ClN3O4. The number of imide groups is 1. The van der Waals surface area contributed by atoms with Crippen LogP contribution in [0.15, 0.2) is 77.5 Å². The van der Waals surface area contributed by atoms with Crippen molar-refractivity contribution in [1.82, 2.24) is 0 Å². The molecule has 1 aliphatic heterocycles. The third kappa shape index (κ3) is 4.83. The van der Waals surface area contributed by atoms with E-state index in [9.17, 15) is 14.4 Å². The SMILES string of the molecule is COc1ccc(C)cc1N1C(=O)C(Cl)=C(Nc2ccc(C(=O)Nc3ccccc3C(C)C)cc2)C1=O. The van der Waals surface area contributed by atoms with E-state index in [0.29, 0.717) is 22.7 Å².